The van der Waals surface area contributed by atoms with E-state index >= 15 is 0 Å². The van der Waals surface area contributed by atoms with Gasteiger partial charge in [0.05, 0.1) is 5.92 Å². The molecule has 0 saturated heterocycles. The molecule has 6 heteroatoms. The van der Waals surface area contributed by atoms with Gasteiger partial charge in [-0.3, -0.25) is 9.59 Å². The molecule has 0 radical (unpaired) electrons. The molecule has 1 unspecified atom stereocenters. The van der Waals surface area contributed by atoms with Crippen LogP contribution in [0.5, 0.6) is 0 Å². The van der Waals surface area contributed by atoms with Crippen molar-refractivity contribution in [3.63, 3.8) is 0 Å². The Kier molecular flexibility index (Phi) is 6.66. The molecule has 94 valence electrons. The van der Waals surface area contributed by atoms with Crippen LogP contribution in [0.2, 0.25) is 0 Å². The molecule has 0 fully saturated rings. The van der Waals surface area contributed by atoms with Crippen molar-refractivity contribution in [2.24, 2.45) is 5.92 Å². The van der Waals surface area contributed by atoms with Gasteiger partial charge in [0, 0.05) is 27.8 Å². The van der Waals surface area contributed by atoms with Crippen LogP contribution < -0.4 is 0 Å². The van der Waals surface area contributed by atoms with Crippen LogP contribution in [-0.4, -0.2) is 41.3 Å². The van der Waals surface area contributed by atoms with Crippen molar-refractivity contribution < 1.29 is 22.9 Å². The minimum Gasteiger partial charge on any atom is -0.372 e. The van der Waals surface area contributed by atoms with Crippen LogP contribution in [0.3, 0.4) is 0 Å². The van der Waals surface area contributed by atoms with E-state index in [2.05, 4.69) is 0 Å². The molecule has 0 aromatic rings. The second-order valence-corrected chi connectivity index (χ2v) is 6.30. The van der Waals surface area contributed by atoms with E-state index in [0.29, 0.717) is 6.42 Å². The van der Waals surface area contributed by atoms with Crippen molar-refractivity contribution in [1.82, 2.24) is 0 Å². The molecule has 0 spiro atoms. The highest BCUT2D eigenvalue weighted by Gasteiger charge is 2.51. The van der Waals surface area contributed by atoms with Crippen LogP contribution >= 0.6 is 0 Å². The van der Waals surface area contributed by atoms with E-state index in [-0.39, 0.29) is 11.2 Å². The van der Waals surface area contributed by atoms with Crippen molar-refractivity contribution in [1.29, 1.82) is 0 Å². The van der Waals surface area contributed by atoms with Gasteiger partial charge in [-0.05, 0) is 13.3 Å². The smallest absolute Gasteiger partial charge is 0.372 e. The minimum atomic E-state index is -3.34. The molecule has 0 aromatic heterocycles. The van der Waals surface area contributed by atoms with Gasteiger partial charge in [-0.15, -0.1) is 0 Å². The zero-order valence-electron chi connectivity index (χ0n) is 10.5. The lowest BCUT2D eigenvalue weighted by Crippen LogP contribution is -2.55. The fourth-order valence-corrected chi connectivity index (χ4v) is 3.22. The number of Topliss-reactive ketones (excluding diaryl/α,β-unsaturated/α-hetero) is 1. The van der Waals surface area contributed by atoms with E-state index in [9.17, 15) is 9.59 Å². The van der Waals surface area contributed by atoms with Crippen molar-refractivity contribution in [3.8, 4) is 0 Å². The summed E-state index contributed by atoms with van der Waals surface area (Å²) < 4.78 is 15.1. The summed E-state index contributed by atoms with van der Waals surface area (Å²) in [4.78, 5) is 23.7. The molecule has 0 rings (SSSR count). The number of hydrogen-bond donors (Lipinski definition) is 0. The standard InChI is InChI=1S/C10H20O5Si/c1-6-7-9(11)8(2)10(12)16(13-3,14-4)15-5/h8H,6-7H2,1-5H3. The first kappa shape index (κ1) is 15.4. The van der Waals surface area contributed by atoms with Crippen LogP contribution in [0.25, 0.3) is 0 Å². The summed E-state index contributed by atoms with van der Waals surface area (Å²) in [5.41, 5.74) is 0. The number of carbonyl (C=O) groups excluding carboxylic acids is 2. The second-order valence-electron chi connectivity index (χ2n) is 3.47. The third kappa shape index (κ3) is 3.21. The Morgan fingerprint density at radius 2 is 1.56 bits per heavy atom. The second kappa shape index (κ2) is 6.90. The summed E-state index contributed by atoms with van der Waals surface area (Å²) in [6, 6.07) is 0. The quantitative estimate of drug-likeness (QED) is 0.473. The highest BCUT2D eigenvalue weighted by molar-refractivity contribution is 6.93. The average Bonchev–Trinajstić information content (AvgIpc) is 2.31. The molecule has 0 bridgehead atoms. The van der Waals surface area contributed by atoms with Crippen molar-refractivity contribution in [2.45, 2.75) is 26.7 Å². The molecule has 0 aliphatic rings. The number of hydrogen-bond acceptors (Lipinski definition) is 5. The van der Waals surface area contributed by atoms with E-state index < -0.39 is 14.7 Å². The maximum Gasteiger partial charge on any atom is 0.574 e. The van der Waals surface area contributed by atoms with E-state index in [1.807, 2.05) is 6.92 Å². The largest absolute Gasteiger partial charge is 0.574 e. The van der Waals surface area contributed by atoms with E-state index in [1.165, 1.54) is 21.3 Å². The molecule has 0 aliphatic carbocycles. The Morgan fingerprint density at radius 3 is 1.88 bits per heavy atom. The first-order chi connectivity index (χ1) is 7.48. The molecule has 0 aromatic carbocycles. The van der Waals surface area contributed by atoms with Crippen LogP contribution in [-0.2, 0) is 22.9 Å². The SMILES string of the molecule is CCCC(=O)C(C)C(=O)[Si](OC)(OC)OC. The van der Waals surface area contributed by atoms with Crippen molar-refractivity contribution >= 4 is 20.0 Å². The molecular formula is C10H20O5Si. The predicted octanol–water partition coefficient (Wildman–Crippen LogP) is 0.978. The maximum atomic E-state index is 12.0. The summed E-state index contributed by atoms with van der Waals surface area (Å²) in [5, 5.41) is -0.376. The van der Waals surface area contributed by atoms with Gasteiger partial charge in [-0.2, -0.15) is 0 Å². The van der Waals surface area contributed by atoms with Gasteiger partial charge in [0.1, 0.15) is 5.78 Å². The summed E-state index contributed by atoms with van der Waals surface area (Å²) >= 11 is 0. The van der Waals surface area contributed by atoms with E-state index in [1.54, 1.807) is 6.92 Å². The van der Waals surface area contributed by atoms with Gasteiger partial charge in [-0.25, -0.2) is 0 Å². The lowest BCUT2D eigenvalue weighted by atomic mass is 10.0. The fraction of sp³-hybridized carbons (Fsp3) is 0.800. The molecule has 5 nitrogen and oxygen atoms in total. The summed E-state index contributed by atoms with van der Waals surface area (Å²) in [5.74, 6) is -0.831. The molecule has 0 N–H and O–H groups in total. The Morgan fingerprint density at radius 1 is 1.12 bits per heavy atom. The molecule has 1 atom stereocenters. The molecule has 0 amide bonds. The fourth-order valence-electron chi connectivity index (χ4n) is 1.43. The van der Waals surface area contributed by atoms with Crippen molar-refractivity contribution in [2.75, 3.05) is 21.3 Å². The van der Waals surface area contributed by atoms with Crippen LogP contribution in [0.1, 0.15) is 26.7 Å². The maximum absolute atomic E-state index is 12.0. The minimum absolute atomic E-state index is 0.101. The first-order valence-corrected chi connectivity index (χ1v) is 6.94. The van der Waals surface area contributed by atoms with Gasteiger partial charge in [0.15, 0.2) is 0 Å². The Labute approximate surface area is 97.4 Å². The molecule has 0 heterocycles. The molecule has 0 aliphatic heterocycles. The highest BCUT2D eigenvalue weighted by atomic mass is 28.4. The highest BCUT2D eigenvalue weighted by Crippen LogP contribution is 2.16. The summed E-state index contributed by atoms with van der Waals surface area (Å²) in [7, 11) is 0.730. The Balaban J connectivity index is 4.81. The molecule has 0 saturated carbocycles. The zero-order valence-corrected chi connectivity index (χ0v) is 11.5. The van der Waals surface area contributed by atoms with Gasteiger partial charge >= 0.3 is 8.80 Å². The van der Waals surface area contributed by atoms with Crippen LogP contribution in [0.15, 0.2) is 0 Å². The summed E-state index contributed by atoms with van der Waals surface area (Å²) in [6.07, 6.45) is 1.10. The lowest BCUT2D eigenvalue weighted by molar-refractivity contribution is -0.131. The van der Waals surface area contributed by atoms with Gasteiger partial charge in [0.25, 0.3) is 0 Å². The third-order valence-electron chi connectivity index (χ3n) is 2.48. The van der Waals surface area contributed by atoms with E-state index in [0.717, 1.165) is 6.42 Å². The topological polar surface area (TPSA) is 61.8 Å². The third-order valence-corrected chi connectivity index (χ3v) is 5.13. The van der Waals surface area contributed by atoms with Gasteiger partial charge < -0.3 is 13.3 Å². The molecular weight excluding hydrogens is 228 g/mol. The Bertz CT molecular complexity index is 241. The summed E-state index contributed by atoms with van der Waals surface area (Å²) in [6.45, 7) is 3.46. The first-order valence-electron chi connectivity index (χ1n) is 5.21. The van der Waals surface area contributed by atoms with E-state index in [4.69, 9.17) is 13.3 Å². The molecule has 16 heavy (non-hydrogen) atoms. The van der Waals surface area contributed by atoms with Crippen molar-refractivity contribution in [3.05, 3.63) is 0 Å². The number of rotatable bonds is 8. The Hall–Kier alpha value is -0.563. The normalized spacial score (nSPS) is 13.6. The zero-order chi connectivity index (χ0) is 12.8. The lowest BCUT2D eigenvalue weighted by Gasteiger charge is -2.24. The van der Waals surface area contributed by atoms with Crippen LogP contribution in [0.4, 0.5) is 0 Å². The van der Waals surface area contributed by atoms with Gasteiger partial charge in [0.2, 0.25) is 5.41 Å². The predicted molar refractivity (Wildman–Crippen MR) is 60.9 cm³/mol. The number of carbonyl (C=O) groups is 2. The number of ketones is 1. The van der Waals surface area contributed by atoms with Gasteiger partial charge in [-0.1, -0.05) is 6.92 Å². The monoisotopic (exact) mass is 248 g/mol. The van der Waals surface area contributed by atoms with Crippen LogP contribution in [0, 0.1) is 5.92 Å². The average molecular weight is 248 g/mol.